The van der Waals surface area contributed by atoms with Gasteiger partial charge in [0.1, 0.15) is 11.9 Å². The van der Waals surface area contributed by atoms with Crippen molar-refractivity contribution < 1.29 is 4.74 Å². The predicted octanol–water partition coefficient (Wildman–Crippen LogP) is 2.62. The fraction of sp³-hybridized carbons (Fsp3) is 0.500. The summed E-state index contributed by atoms with van der Waals surface area (Å²) in [6.45, 7) is 9.72. The van der Waals surface area contributed by atoms with Gasteiger partial charge in [-0.2, -0.15) is 0 Å². The fourth-order valence-electron chi connectivity index (χ4n) is 1.49. The SMILES string of the molecule is C=CC(C)Oc1ccc(C)nc1CC(N)CC. The van der Waals surface area contributed by atoms with Gasteiger partial charge in [-0.15, -0.1) is 0 Å². The minimum atomic E-state index is -0.0175. The first-order chi connectivity index (χ1) is 8.06. The van der Waals surface area contributed by atoms with Gasteiger partial charge in [0.15, 0.2) is 0 Å². The molecule has 3 nitrogen and oxygen atoms in total. The number of aryl methyl sites for hydroxylation is 1. The number of nitrogens with two attached hydrogens (primary N) is 1. The molecule has 0 aliphatic rings. The van der Waals surface area contributed by atoms with Crippen LogP contribution in [0.4, 0.5) is 0 Å². The van der Waals surface area contributed by atoms with Crippen molar-refractivity contribution in [3.63, 3.8) is 0 Å². The molecule has 17 heavy (non-hydrogen) atoms. The van der Waals surface area contributed by atoms with Crippen molar-refractivity contribution in [2.24, 2.45) is 5.73 Å². The summed E-state index contributed by atoms with van der Waals surface area (Å²) >= 11 is 0. The second-order valence-electron chi connectivity index (χ2n) is 4.33. The summed E-state index contributed by atoms with van der Waals surface area (Å²) in [5.41, 5.74) is 7.90. The molecule has 0 aliphatic heterocycles. The Morgan fingerprint density at radius 2 is 2.24 bits per heavy atom. The predicted molar refractivity (Wildman–Crippen MR) is 71.2 cm³/mol. The Hall–Kier alpha value is -1.35. The van der Waals surface area contributed by atoms with E-state index in [-0.39, 0.29) is 12.1 Å². The maximum Gasteiger partial charge on any atom is 0.141 e. The lowest BCUT2D eigenvalue weighted by atomic mass is 10.1. The molecule has 0 saturated carbocycles. The Bertz CT molecular complexity index is 376. The second-order valence-corrected chi connectivity index (χ2v) is 4.33. The zero-order valence-electron chi connectivity index (χ0n) is 10.9. The highest BCUT2D eigenvalue weighted by Crippen LogP contribution is 2.20. The summed E-state index contributed by atoms with van der Waals surface area (Å²) in [5.74, 6) is 0.812. The molecular formula is C14H22N2O. The van der Waals surface area contributed by atoms with E-state index in [9.17, 15) is 0 Å². The first-order valence-electron chi connectivity index (χ1n) is 6.08. The Kier molecular flexibility index (Phi) is 5.16. The molecule has 2 unspecified atom stereocenters. The molecule has 1 heterocycles. The molecule has 0 amide bonds. The van der Waals surface area contributed by atoms with Gasteiger partial charge in [0.25, 0.3) is 0 Å². The quantitative estimate of drug-likeness (QED) is 0.770. The van der Waals surface area contributed by atoms with Crippen LogP contribution in [0.25, 0.3) is 0 Å². The van der Waals surface area contributed by atoms with E-state index < -0.39 is 0 Å². The highest BCUT2D eigenvalue weighted by atomic mass is 16.5. The van der Waals surface area contributed by atoms with Crippen LogP contribution in [0.3, 0.4) is 0 Å². The third-order valence-corrected chi connectivity index (χ3v) is 2.70. The Morgan fingerprint density at radius 3 is 2.82 bits per heavy atom. The van der Waals surface area contributed by atoms with Crippen LogP contribution in [-0.4, -0.2) is 17.1 Å². The van der Waals surface area contributed by atoms with Gasteiger partial charge in [-0.1, -0.05) is 19.6 Å². The third-order valence-electron chi connectivity index (χ3n) is 2.70. The summed E-state index contributed by atoms with van der Waals surface area (Å²) in [6.07, 6.45) is 3.43. The van der Waals surface area contributed by atoms with Crippen LogP contribution in [-0.2, 0) is 6.42 Å². The van der Waals surface area contributed by atoms with Crippen LogP contribution < -0.4 is 10.5 Å². The fourth-order valence-corrected chi connectivity index (χ4v) is 1.49. The van der Waals surface area contributed by atoms with Crippen LogP contribution in [0.2, 0.25) is 0 Å². The standard InChI is InChI=1S/C14H22N2O/c1-5-11(4)17-14-8-7-10(3)16-13(14)9-12(15)6-2/h5,7-8,11-12H,1,6,9,15H2,2-4H3. The van der Waals surface area contributed by atoms with Crippen LogP contribution >= 0.6 is 0 Å². The van der Waals surface area contributed by atoms with Gasteiger partial charge in [0, 0.05) is 18.2 Å². The molecule has 2 atom stereocenters. The minimum Gasteiger partial charge on any atom is -0.485 e. The van der Waals surface area contributed by atoms with Gasteiger partial charge < -0.3 is 10.5 Å². The number of hydrogen-bond acceptors (Lipinski definition) is 3. The topological polar surface area (TPSA) is 48.1 Å². The van der Waals surface area contributed by atoms with E-state index in [0.29, 0.717) is 0 Å². The highest BCUT2D eigenvalue weighted by molar-refractivity contribution is 5.30. The van der Waals surface area contributed by atoms with E-state index in [0.717, 1.165) is 30.0 Å². The van der Waals surface area contributed by atoms with Gasteiger partial charge in [-0.3, -0.25) is 4.98 Å². The molecule has 0 fully saturated rings. The molecule has 0 bridgehead atoms. The van der Waals surface area contributed by atoms with Crippen molar-refractivity contribution >= 4 is 0 Å². The molecule has 1 aromatic rings. The maximum atomic E-state index is 5.97. The molecule has 0 spiro atoms. The largest absolute Gasteiger partial charge is 0.485 e. The maximum absolute atomic E-state index is 5.97. The number of pyridine rings is 1. The van der Waals surface area contributed by atoms with Crippen LogP contribution in [0, 0.1) is 6.92 Å². The Labute approximate surface area is 104 Å². The van der Waals surface area contributed by atoms with Crippen molar-refractivity contribution in [3.8, 4) is 5.75 Å². The summed E-state index contributed by atoms with van der Waals surface area (Å²) in [5, 5.41) is 0. The second kappa shape index (κ2) is 6.40. The summed E-state index contributed by atoms with van der Waals surface area (Å²) in [7, 11) is 0. The summed E-state index contributed by atoms with van der Waals surface area (Å²) < 4.78 is 5.76. The van der Waals surface area contributed by atoms with Crippen molar-refractivity contribution in [1.29, 1.82) is 0 Å². The van der Waals surface area contributed by atoms with Crippen molar-refractivity contribution in [3.05, 3.63) is 36.2 Å². The van der Waals surface area contributed by atoms with Gasteiger partial charge in [0.05, 0.1) is 5.69 Å². The molecule has 0 saturated heterocycles. The van der Waals surface area contributed by atoms with Gasteiger partial charge in [-0.05, 0) is 32.4 Å². The lowest BCUT2D eigenvalue weighted by molar-refractivity contribution is 0.265. The van der Waals surface area contributed by atoms with Gasteiger partial charge in [-0.25, -0.2) is 0 Å². The molecule has 1 rings (SSSR count). The molecular weight excluding hydrogens is 212 g/mol. The summed E-state index contributed by atoms with van der Waals surface area (Å²) in [6, 6.07) is 4.04. The van der Waals surface area contributed by atoms with Crippen LogP contribution in [0.1, 0.15) is 31.7 Å². The van der Waals surface area contributed by atoms with Crippen molar-refractivity contribution in [1.82, 2.24) is 4.98 Å². The number of ether oxygens (including phenoxy) is 1. The molecule has 1 aromatic heterocycles. The van der Waals surface area contributed by atoms with Gasteiger partial charge >= 0.3 is 0 Å². The molecule has 3 heteroatoms. The van der Waals surface area contributed by atoms with Crippen LogP contribution in [0.15, 0.2) is 24.8 Å². The normalized spacial score (nSPS) is 14.1. The molecule has 0 aliphatic carbocycles. The smallest absolute Gasteiger partial charge is 0.141 e. The van der Waals surface area contributed by atoms with Crippen molar-refractivity contribution in [2.75, 3.05) is 0 Å². The van der Waals surface area contributed by atoms with Gasteiger partial charge in [0.2, 0.25) is 0 Å². The molecule has 0 aromatic carbocycles. The van der Waals surface area contributed by atoms with Crippen molar-refractivity contribution in [2.45, 2.75) is 45.8 Å². The van der Waals surface area contributed by atoms with E-state index in [1.165, 1.54) is 0 Å². The van der Waals surface area contributed by atoms with Crippen LogP contribution in [0.5, 0.6) is 5.75 Å². The van der Waals surface area contributed by atoms with E-state index in [4.69, 9.17) is 10.5 Å². The van der Waals surface area contributed by atoms with E-state index >= 15 is 0 Å². The highest BCUT2D eigenvalue weighted by Gasteiger charge is 2.11. The number of hydrogen-bond donors (Lipinski definition) is 1. The Balaban J connectivity index is 2.90. The average Bonchev–Trinajstić information content (AvgIpc) is 2.32. The first-order valence-corrected chi connectivity index (χ1v) is 6.08. The van der Waals surface area contributed by atoms with E-state index in [1.807, 2.05) is 26.0 Å². The zero-order chi connectivity index (χ0) is 12.8. The molecule has 0 radical (unpaired) electrons. The zero-order valence-corrected chi connectivity index (χ0v) is 10.9. The van der Waals surface area contributed by atoms with E-state index in [1.54, 1.807) is 6.08 Å². The Morgan fingerprint density at radius 1 is 1.53 bits per heavy atom. The first kappa shape index (κ1) is 13.7. The number of rotatable bonds is 6. The van der Waals surface area contributed by atoms with E-state index in [2.05, 4.69) is 18.5 Å². The molecule has 2 N–H and O–H groups in total. The summed E-state index contributed by atoms with van der Waals surface area (Å²) in [4.78, 5) is 4.51. The molecule has 94 valence electrons. The third kappa shape index (κ3) is 4.19. The lowest BCUT2D eigenvalue weighted by Gasteiger charge is -2.16. The lowest BCUT2D eigenvalue weighted by Crippen LogP contribution is -2.23. The monoisotopic (exact) mass is 234 g/mol. The minimum absolute atomic E-state index is 0.0175. The number of aromatic nitrogens is 1. The number of nitrogens with zero attached hydrogens (tertiary/aromatic N) is 1. The average molecular weight is 234 g/mol.